The first-order valence-electron chi connectivity index (χ1n) is 9.06. The van der Waals surface area contributed by atoms with E-state index in [1.165, 1.54) is 16.9 Å². The van der Waals surface area contributed by atoms with E-state index in [1.807, 2.05) is 24.3 Å². The van der Waals surface area contributed by atoms with Crippen LogP contribution in [-0.2, 0) is 13.0 Å². The molecule has 0 N–H and O–H groups in total. The van der Waals surface area contributed by atoms with Crippen molar-refractivity contribution in [2.24, 2.45) is 0 Å². The lowest BCUT2D eigenvalue weighted by atomic mass is 10.1. The maximum absolute atomic E-state index is 13.3. The highest BCUT2D eigenvalue weighted by atomic mass is 32.1. The summed E-state index contributed by atoms with van der Waals surface area (Å²) in [5.74, 6) is 1.29. The molecule has 0 spiro atoms. The molecule has 0 unspecified atom stereocenters. The summed E-state index contributed by atoms with van der Waals surface area (Å²) in [5.41, 5.74) is 2.70. The number of amides is 1. The second-order valence-corrected chi connectivity index (χ2v) is 7.32. The van der Waals surface area contributed by atoms with Crippen LogP contribution in [0.3, 0.4) is 0 Å². The van der Waals surface area contributed by atoms with Crippen molar-refractivity contribution >= 4 is 32.6 Å². The quantitative estimate of drug-likeness (QED) is 0.446. The van der Waals surface area contributed by atoms with Crippen LogP contribution in [0.4, 0.5) is 5.13 Å². The highest BCUT2D eigenvalue weighted by Crippen LogP contribution is 2.33. The van der Waals surface area contributed by atoms with Crippen LogP contribution in [0.25, 0.3) is 10.2 Å². The highest BCUT2D eigenvalue weighted by molar-refractivity contribution is 7.22. The number of anilines is 1. The minimum Gasteiger partial charge on any atom is -0.497 e. The van der Waals surface area contributed by atoms with Crippen molar-refractivity contribution in [1.29, 1.82) is 0 Å². The van der Waals surface area contributed by atoms with Crippen LogP contribution in [0.1, 0.15) is 28.6 Å². The Bertz CT molecular complexity index is 1080. The van der Waals surface area contributed by atoms with Gasteiger partial charge in [-0.25, -0.2) is 4.98 Å². The molecule has 0 radical (unpaired) electrons. The van der Waals surface area contributed by atoms with E-state index >= 15 is 0 Å². The van der Waals surface area contributed by atoms with Gasteiger partial charge in [0.15, 0.2) is 5.13 Å². The molecule has 0 fully saturated rings. The van der Waals surface area contributed by atoms with E-state index in [0.717, 1.165) is 16.6 Å². The summed E-state index contributed by atoms with van der Waals surface area (Å²) < 4.78 is 11.8. The van der Waals surface area contributed by atoms with Crippen LogP contribution in [0.5, 0.6) is 5.75 Å². The van der Waals surface area contributed by atoms with Gasteiger partial charge in [-0.3, -0.25) is 9.69 Å². The van der Waals surface area contributed by atoms with Crippen molar-refractivity contribution < 1.29 is 13.9 Å². The van der Waals surface area contributed by atoms with Gasteiger partial charge in [0.05, 0.1) is 30.1 Å². The van der Waals surface area contributed by atoms with E-state index in [2.05, 4.69) is 13.0 Å². The van der Waals surface area contributed by atoms with Crippen LogP contribution >= 0.6 is 11.3 Å². The lowest BCUT2D eigenvalue weighted by Crippen LogP contribution is -2.30. The number of methoxy groups -OCH3 is 1. The molecular formula is C22H20N2O3S. The summed E-state index contributed by atoms with van der Waals surface area (Å²) in [6.45, 7) is 2.43. The maximum Gasteiger partial charge on any atom is 0.260 e. The zero-order valence-corrected chi connectivity index (χ0v) is 16.5. The van der Waals surface area contributed by atoms with Crippen LogP contribution in [0.15, 0.2) is 65.3 Å². The number of nitrogens with zero attached hydrogens (tertiary/aromatic N) is 2. The standard InChI is InChI=1S/C22H20N2O3S/c1-3-15-6-4-8-19-20(15)23-22(28-19)24(14-18-7-5-13-27-18)21(25)16-9-11-17(26-2)12-10-16/h4-13H,3,14H2,1-2H3. The zero-order chi connectivity index (χ0) is 19.5. The summed E-state index contributed by atoms with van der Waals surface area (Å²) >= 11 is 1.52. The Balaban J connectivity index is 1.75. The highest BCUT2D eigenvalue weighted by Gasteiger charge is 2.23. The van der Waals surface area contributed by atoms with Crippen LogP contribution in [-0.4, -0.2) is 18.0 Å². The Hall–Kier alpha value is -3.12. The molecule has 0 atom stereocenters. The number of furan rings is 1. The fraction of sp³-hybridized carbons (Fsp3) is 0.182. The van der Waals surface area contributed by atoms with Gasteiger partial charge in [-0.15, -0.1) is 0 Å². The van der Waals surface area contributed by atoms with Crippen molar-refractivity contribution in [3.63, 3.8) is 0 Å². The molecule has 0 aliphatic heterocycles. The molecule has 0 aliphatic carbocycles. The lowest BCUT2D eigenvalue weighted by molar-refractivity contribution is 0.0983. The summed E-state index contributed by atoms with van der Waals surface area (Å²) in [4.78, 5) is 19.8. The predicted molar refractivity (Wildman–Crippen MR) is 111 cm³/mol. The lowest BCUT2D eigenvalue weighted by Gasteiger charge is -2.19. The maximum atomic E-state index is 13.3. The van der Waals surface area contributed by atoms with Crippen molar-refractivity contribution in [2.45, 2.75) is 19.9 Å². The normalized spacial score (nSPS) is 10.9. The fourth-order valence-electron chi connectivity index (χ4n) is 3.07. The molecule has 4 rings (SSSR count). The van der Waals surface area contributed by atoms with Crippen molar-refractivity contribution in [3.8, 4) is 5.75 Å². The molecule has 2 aromatic carbocycles. The number of rotatable bonds is 6. The first kappa shape index (κ1) is 18.3. The van der Waals surface area contributed by atoms with Crippen LogP contribution in [0, 0.1) is 0 Å². The second kappa shape index (κ2) is 7.86. The van der Waals surface area contributed by atoms with Gasteiger partial charge in [-0.1, -0.05) is 30.4 Å². The number of aryl methyl sites for hydroxylation is 1. The van der Waals surface area contributed by atoms with E-state index in [4.69, 9.17) is 14.1 Å². The first-order valence-corrected chi connectivity index (χ1v) is 9.88. The average molecular weight is 392 g/mol. The number of benzene rings is 2. The number of carbonyl (C=O) groups is 1. The van der Waals surface area contributed by atoms with Gasteiger partial charge in [0, 0.05) is 5.56 Å². The first-order chi connectivity index (χ1) is 13.7. The predicted octanol–water partition coefficient (Wildman–Crippen LogP) is 5.31. The second-order valence-electron chi connectivity index (χ2n) is 6.31. The van der Waals surface area contributed by atoms with Gasteiger partial charge in [0.2, 0.25) is 0 Å². The van der Waals surface area contributed by atoms with Crippen molar-refractivity contribution in [3.05, 3.63) is 77.7 Å². The molecule has 1 amide bonds. The van der Waals surface area contributed by atoms with E-state index in [-0.39, 0.29) is 5.91 Å². The van der Waals surface area contributed by atoms with Crippen molar-refractivity contribution in [2.75, 3.05) is 12.0 Å². The number of hydrogen-bond acceptors (Lipinski definition) is 5. The number of fused-ring (bicyclic) bond motifs is 1. The number of hydrogen-bond donors (Lipinski definition) is 0. The molecular weight excluding hydrogens is 372 g/mol. The summed E-state index contributed by atoms with van der Waals surface area (Å²) in [6, 6.07) is 16.9. The smallest absolute Gasteiger partial charge is 0.260 e. The Morgan fingerprint density at radius 1 is 1.14 bits per heavy atom. The van der Waals surface area contributed by atoms with E-state index in [0.29, 0.717) is 28.7 Å². The SMILES string of the molecule is CCc1cccc2sc(N(Cc3ccco3)C(=O)c3ccc(OC)cc3)nc12. The topological polar surface area (TPSA) is 55.6 Å². The monoisotopic (exact) mass is 392 g/mol. The molecule has 0 aliphatic rings. The summed E-state index contributed by atoms with van der Waals surface area (Å²) in [5, 5.41) is 0.660. The van der Waals surface area contributed by atoms with Gasteiger partial charge in [-0.2, -0.15) is 0 Å². The third-order valence-electron chi connectivity index (χ3n) is 4.58. The van der Waals surface area contributed by atoms with Gasteiger partial charge in [0.1, 0.15) is 11.5 Å². The van der Waals surface area contributed by atoms with Gasteiger partial charge >= 0.3 is 0 Å². The molecule has 2 aromatic heterocycles. The number of carbonyl (C=O) groups excluding carboxylic acids is 1. The molecule has 0 bridgehead atoms. The summed E-state index contributed by atoms with van der Waals surface area (Å²) in [7, 11) is 1.60. The average Bonchev–Trinajstić information content (AvgIpc) is 3.40. The Labute approximate surface area is 167 Å². The van der Waals surface area contributed by atoms with E-state index in [9.17, 15) is 4.79 Å². The minimum absolute atomic E-state index is 0.129. The number of para-hydroxylation sites is 1. The minimum atomic E-state index is -0.129. The molecule has 142 valence electrons. The molecule has 2 heterocycles. The van der Waals surface area contributed by atoms with Gasteiger partial charge in [-0.05, 0) is 54.4 Å². The number of aromatic nitrogens is 1. The van der Waals surface area contributed by atoms with E-state index < -0.39 is 0 Å². The zero-order valence-electron chi connectivity index (χ0n) is 15.7. The fourth-order valence-corrected chi connectivity index (χ4v) is 4.08. The molecule has 5 nitrogen and oxygen atoms in total. The summed E-state index contributed by atoms with van der Waals surface area (Å²) in [6.07, 6.45) is 2.50. The van der Waals surface area contributed by atoms with Crippen molar-refractivity contribution in [1.82, 2.24) is 4.98 Å². The van der Waals surface area contributed by atoms with Crippen LogP contribution < -0.4 is 9.64 Å². The molecule has 6 heteroatoms. The Morgan fingerprint density at radius 2 is 1.96 bits per heavy atom. The number of ether oxygens (including phenoxy) is 1. The number of thiazole rings is 1. The third kappa shape index (κ3) is 3.51. The Kier molecular flexibility index (Phi) is 5.12. The third-order valence-corrected chi connectivity index (χ3v) is 5.62. The van der Waals surface area contributed by atoms with Gasteiger partial charge < -0.3 is 9.15 Å². The molecule has 0 saturated carbocycles. The van der Waals surface area contributed by atoms with Crippen LogP contribution in [0.2, 0.25) is 0 Å². The Morgan fingerprint density at radius 3 is 2.64 bits per heavy atom. The van der Waals surface area contributed by atoms with E-state index in [1.54, 1.807) is 42.5 Å². The molecule has 4 aromatic rings. The molecule has 0 saturated heterocycles. The largest absolute Gasteiger partial charge is 0.497 e. The van der Waals surface area contributed by atoms with Gasteiger partial charge in [0.25, 0.3) is 5.91 Å². The molecule has 28 heavy (non-hydrogen) atoms.